The first-order chi connectivity index (χ1) is 16.9. The van der Waals surface area contributed by atoms with Crippen LogP contribution in [0.3, 0.4) is 0 Å². The number of halogens is 1. The zero-order chi connectivity index (χ0) is 26.6. The number of aromatic nitrogens is 2. The predicted octanol–water partition coefficient (Wildman–Crippen LogP) is 3.93. The average Bonchev–Trinajstić information content (AvgIpc) is 3.18. The second-order valence-electron chi connectivity index (χ2n) is 9.19. The summed E-state index contributed by atoms with van der Waals surface area (Å²) in [6.07, 6.45) is -2.75. The van der Waals surface area contributed by atoms with E-state index in [2.05, 4.69) is 4.98 Å². The van der Waals surface area contributed by atoms with E-state index in [0.29, 0.717) is 17.1 Å². The zero-order valence-corrected chi connectivity index (χ0v) is 21.2. The number of imidazole rings is 1. The molecule has 0 fully saturated rings. The van der Waals surface area contributed by atoms with Gasteiger partial charge < -0.3 is 19.9 Å². The number of carboxylic acid groups (broad SMARTS) is 1. The topological polar surface area (TPSA) is 130 Å². The standard InChI is InChI=1S/C26H31FN2O6S/c1-16(2)24-26(36(34,35)22-10-4-17(3)5-11-22)28-25(18-6-8-19(27)9-7-18)29(24)13-12-20(30)14-21(31)15-23(32)33/h4-11,16,20-21,30-31H,12-15H2,1-3H3,(H,32,33)/t20-,21-/m1/s1. The smallest absolute Gasteiger partial charge is 0.305 e. The van der Waals surface area contributed by atoms with Gasteiger partial charge in [0.05, 0.1) is 29.2 Å². The van der Waals surface area contributed by atoms with Gasteiger partial charge in [0.15, 0.2) is 5.03 Å². The molecule has 3 rings (SSSR count). The molecule has 0 aliphatic carbocycles. The van der Waals surface area contributed by atoms with Gasteiger partial charge in [0.2, 0.25) is 9.84 Å². The summed E-state index contributed by atoms with van der Waals surface area (Å²) in [5, 5.41) is 29.0. The molecule has 1 heterocycles. The minimum atomic E-state index is -3.99. The van der Waals surface area contributed by atoms with Crippen LogP contribution in [0, 0.1) is 12.7 Å². The maximum absolute atomic E-state index is 13.6. The fourth-order valence-electron chi connectivity index (χ4n) is 4.07. The van der Waals surface area contributed by atoms with Gasteiger partial charge in [-0.3, -0.25) is 4.79 Å². The van der Waals surface area contributed by atoms with Gasteiger partial charge in [-0.1, -0.05) is 31.5 Å². The molecule has 1 aromatic heterocycles. The van der Waals surface area contributed by atoms with E-state index in [1.807, 2.05) is 20.8 Å². The van der Waals surface area contributed by atoms with Crippen LogP contribution < -0.4 is 0 Å². The number of benzene rings is 2. The van der Waals surface area contributed by atoms with Crippen LogP contribution in [0.5, 0.6) is 0 Å². The lowest BCUT2D eigenvalue weighted by atomic mass is 10.1. The van der Waals surface area contributed by atoms with Crippen molar-refractivity contribution in [3.05, 3.63) is 65.6 Å². The van der Waals surface area contributed by atoms with E-state index in [4.69, 9.17) is 5.11 Å². The highest BCUT2D eigenvalue weighted by atomic mass is 32.2. The van der Waals surface area contributed by atoms with Crippen LogP contribution in [0.1, 0.15) is 50.3 Å². The third-order valence-electron chi connectivity index (χ3n) is 5.85. The van der Waals surface area contributed by atoms with E-state index in [1.54, 1.807) is 16.7 Å². The summed E-state index contributed by atoms with van der Waals surface area (Å²) in [7, 11) is -3.99. The largest absolute Gasteiger partial charge is 0.481 e. The number of sulfone groups is 1. The number of hydrogen-bond donors (Lipinski definition) is 3. The molecule has 36 heavy (non-hydrogen) atoms. The van der Waals surface area contributed by atoms with Crippen molar-refractivity contribution in [3.63, 3.8) is 0 Å². The molecular formula is C26H31FN2O6S. The zero-order valence-electron chi connectivity index (χ0n) is 20.4. The first kappa shape index (κ1) is 27.5. The summed E-state index contributed by atoms with van der Waals surface area (Å²) in [5.41, 5.74) is 1.85. The van der Waals surface area contributed by atoms with Crippen LogP contribution in [0.25, 0.3) is 11.4 Å². The number of aliphatic hydroxyl groups excluding tert-OH is 2. The van der Waals surface area contributed by atoms with Gasteiger partial charge in [-0.2, -0.15) is 0 Å². The summed E-state index contributed by atoms with van der Waals surface area (Å²) in [6, 6.07) is 12.0. The van der Waals surface area contributed by atoms with Crippen molar-refractivity contribution in [2.24, 2.45) is 0 Å². The molecule has 194 valence electrons. The number of nitrogens with zero attached hydrogens (tertiary/aromatic N) is 2. The van der Waals surface area contributed by atoms with E-state index in [0.717, 1.165) is 5.56 Å². The number of aryl methyl sites for hydroxylation is 1. The average molecular weight is 519 g/mol. The Labute approximate surface area is 210 Å². The lowest BCUT2D eigenvalue weighted by Crippen LogP contribution is -2.22. The van der Waals surface area contributed by atoms with E-state index < -0.39 is 40.3 Å². The molecule has 8 nitrogen and oxygen atoms in total. The molecule has 0 unspecified atom stereocenters. The van der Waals surface area contributed by atoms with Gasteiger partial charge >= 0.3 is 5.97 Å². The first-order valence-corrected chi connectivity index (χ1v) is 13.1. The Balaban J connectivity index is 2.07. The van der Waals surface area contributed by atoms with Crippen molar-refractivity contribution in [1.82, 2.24) is 9.55 Å². The van der Waals surface area contributed by atoms with Gasteiger partial charge in [0.1, 0.15) is 11.6 Å². The number of aliphatic carboxylic acids is 1. The van der Waals surface area contributed by atoms with Crippen molar-refractivity contribution in [2.45, 2.75) is 74.6 Å². The maximum Gasteiger partial charge on any atom is 0.305 e. The van der Waals surface area contributed by atoms with Crippen LogP contribution in [0.2, 0.25) is 0 Å². The van der Waals surface area contributed by atoms with Gasteiger partial charge in [-0.05, 0) is 62.1 Å². The highest BCUT2D eigenvalue weighted by molar-refractivity contribution is 7.91. The molecule has 0 aliphatic heterocycles. The maximum atomic E-state index is 13.6. The highest BCUT2D eigenvalue weighted by Gasteiger charge is 2.31. The number of rotatable bonds is 11. The predicted molar refractivity (Wildman–Crippen MR) is 132 cm³/mol. The fourth-order valence-corrected chi connectivity index (χ4v) is 5.61. The molecule has 0 amide bonds. The molecule has 2 aromatic carbocycles. The lowest BCUT2D eigenvalue weighted by molar-refractivity contribution is -0.139. The Morgan fingerprint density at radius 1 is 1.03 bits per heavy atom. The van der Waals surface area contributed by atoms with Crippen molar-refractivity contribution in [1.29, 1.82) is 0 Å². The van der Waals surface area contributed by atoms with Crippen LogP contribution >= 0.6 is 0 Å². The SMILES string of the molecule is Cc1ccc(S(=O)(=O)c2nc(-c3ccc(F)cc3)n(CC[C@@H](O)C[C@@H](O)CC(=O)O)c2C(C)C)cc1. The normalized spacial score (nSPS) is 13.6. The van der Waals surface area contributed by atoms with Crippen molar-refractivity contribution in [3.8, 4) is 11.4 Å². The molecular weight excluding hydrogens is 487 g/mol. The molecule has 10 heteroatoms. The highest BCUT2D eigenvalue weighted by Crippen LogP contribution is 2.34. The summed E-state index contributed by atoms with van der Waals surface area (Å²) in [5.74, 6) is -1.58. The van der Waals surface area contributed by atoms with E-state index in [-0.39, 0.29) is 35.2 Å². The van der Waals surface area contributed by atoms with Crippen LogP contribution in [0.15, 0.2) is 58.5 Å². The van der Waals surface area contributed by atoms with Crippen LogP contribution in [-0.2, 0) is 21.2 Å². The van der Waals surface area contributed by atoms with Gasteiger partial charge in [0, 0.05) is 12.1 Å². The van der Waals surface area contributed by atoms with Gasteiger partial charge in [0.25, 0.3) is 0 Å². The monoisotopic (exact) mass is 518 g/mol. The van der Waals surface area contributed by atoms with Crippen molar-refractivity contribution < 1.29 is 32.9 Å². The molecule has 3 aromatic rings. The Hall–Kier alpha value is -3.08. The molecule has 0 saturated heterocycles. The summed E-state index contributed by atoms with van der Waals surface area (Å²) in [6.45, 7) is 5.68. The summed E-state index contributed by atoms with van der Waals surface area (Å²) in [4.78, 5) is 15.4. The quantitative estimate of drug-likeness (QED) is 0.351. The first-order valence-electron chi connectivity index (χ1n) is 11.7. The molecule has 2 atom stereocenters. The second-order valence-corrected chi connectivity index (χ2v) is 11.1. The minimum absolute atomic E-state index is 0.0992. The fraction of sp³-hybridized carbons (Fsp3) is 0.385. The van der Waals surface area contributed by atoms with E-state index in [1.165, 1.54) is 36.4 Å². The van der Waals surface area contributed by atoms with Crippen molar-refractivity contribution in [2.75, 3.05) is 0 Å². The Kier molecular flexibility index (Phi) is 8.65. The Bertz CT molecular complexity index is 1300. The van der Waals surface area contributed by atoms with Crippen molar-refractivity contribution >= 4 is 15.8 Å². The number of carbonyl (C=O) groups is 1. The summed E-state index contributed by atoms with van der Waals surface area (Å²) >= 11 is 0. The minimum Gasteiger partial charge on any atom is -0.481 e. The molecule has 0 aliphatic rings. The Morgan fingerprint density at radius 3 is 2.19 bits per heavy atom. The molecule has 0 bridgehead atoms. The van der Waals surface area contributed by atoms with Crippen LogP contribution in [-0.4, -0.2) is 51.5 Å². The van der Waals surface area contributed by atoms with Crippen LogP contribution in [0.4, 0.5) is 4.39 Å². The molecule has 0 saturated carbocycles. The molecule has 3 N–H and O–H groups in total. The van der Waals surface area contributed by atoms with E-state index >= 15 is 0 Å². The lowest BCUT2D eigenvalue weighted by Gasteiger charge is -2.19. The third-order valence-corrected chi connectivity index (χ3v) is 7.55. The molecule has 0 radical (unpaired) electrons. The second kappa shape index (κ2) is 11.3. The number of carboxylic acids is 1. The summed E-state index contributed by atoms with van der Waals surface area (Å²) < 4.78 is 42.6. The third kappa shape index (κ3) is 6.37. The van der Waals surface area contributed by atoms with Gasteiger partial charge in [-0.15, -0.1) is 0 Å². The molecule has 0 spiro atoms. The Morgan fingerprint density at radius 2 is 1.64 bits per heavy atom. The number of hydrogen-bond acceptors (Lipinski definition) is 6. The van der Waals surface area contributed by atoms with Gasteiger partial charge in [-0.25, -0.2) is 17.8 Å². The number of aliphatic hydroxyl groups is 2. The van der Waals surface area contributed by atoms with E-state index in [9.17, 15) is 27.8 Å².